The van der Waals surface area contributed by atoms with Crippen LogP contribution in [0.1, 0.15) is 31.2 Å². The van der Waals surface area contributed by atoms with Crippen molar-refractivity contribution in [2.24, 2.45) is 11.7 Å². The van der Waals surface area contributed by atoms with Crippen molar-refractivity contribution in [1.29, 1.82) is 0 Å². The molecule has 0 aliphatic heterocycles. The van der Waals surface area contributed by atoms with Crippen molar-refractivity contribution in [3.05, 3.63) is 30.1 Å². The Hall–Kier alpha value is -0.930. The van der Waals surface area contributed by atoms with Crippen molar-refractivity contribution in [3.63, 3.8) is 0 Å². The third kappa shape index (κ3) is 3.58. The zero-order chi connectivity index (χ0) is 11.2. The fraction of sp³-hybridized carbons (Fsp3) is 0.615. The smallest absolute Gasteiger partial charge is 0.0731 e. The fourth-order valence-corrected chi connectivity index (χ4v) is 2.18. The topological polar surface area (TPSA) is 48.1 Å². The second-order valence-electron chi connectivity index (χ2n) is 4.66. The summed E-state index contributed by atoms with van der Waals surface area (Å²) in [6, 6.07) is 4.41. The largest absolute Gasteiger partial charge is 0.376 e. The van der Waals surface area contributed by atoms with Gasteiger partial charge in [0.15, 0.2) is 0 Å². The average Bonchev–Trinajstić information content (AvgIpc) is 2.33. The Morgan fingerprint density at radius 3 is 2.81 bits per heavy atom. The molecule has 0 radical (unpaired) electrons. The molecule has 1 heterocycles. The highest BCUT2D eigenvalue weighted by molar-refractivity contribution is 5.06. The van der Waals surface area contributed by atoms with Crippen LogP contribution >= 0.6 is 0 Å². The molecule has 3 heteroatoms. The standard InChI is InChI=1S/C13H20N2O/c14-13-5-3-11(4-6-13)9-16-10-12-2-1-7-15-8-12/h1-2,7-8,11,13H,3-6,9-10,14H2/t11-,13-. The van der Waals surface area contributed by atoms with Crippen LogP contribution in [-0.2, 0) is 11.3 Å². The van der Waals surface area contributed by atoms with Crippen LogP contribution in [0.3, 0.4) is 0 Å². The summed E-state index contributed by atoms with van der Waals surface area (Å²) < 4.78 is 5.71. The SMILES string of the molecule is N[C@H]1CC[C@H](COCc2cccnc2)CC1. The molecule has 0 atom stereocenters. The van der Waals surface area contributed by atoms with E-state index in [9.17, 15) is 0 Å². The molecule has 0 spiro atoms. The van der Waals surface area contributed by atoms with E-state index in [-0.39, 0.29) is 0 Å². The van der Waals surface area contributed by atoms with Crippen molar-refractivity contribution in [1.82, 2.24) is 4.98 Å². The lowest BCUT2D eigenvalue weighted by Gasteiger charge is -2.25. The second-order valence-corrected chi connectivity index (χ2v) is 4.66. The Balaban J connectivity index is 1.65. The van der Waals surface area contributed by atoms with E-state index >= 15 is 0 Å². The van der Waals surface area contributed by atoms with Crippen LogP contribution in [0.4, 0.5) is 0 Å². The van der Waals surface area contributed by atoms with E-state index in [1.165, 1.54) is 12.8 Å². The van der Waals surface area contributed by atoms with E-state index in [2.05, 4.69) is 4.98 Å². The fourth-order valence-electron chi connectivity index (χ4n) is 2.18. The van der Waals surface area contributed by atoms with Gasteiger partial charge in [0.1, 0.15) is 0 Å². The molecule has 0 amide bonds. The summed E-state index contributed by atoms with van der Waals surface area (Å²) in [5.74, 6) is 0.705. The molecular weight excluding hydrogens is 200 g/mol. The predicted molar refractivity (Wildman–Crippen MR) is 63.8 cm³/mol. The number of nitrogens with two attached hydrogens (primary N) is 1. The Labute approximate surface area is 97.0 Å². The van der Waals surface area contributed by atoms with E-state index in [4.69, 9.17) is 10.5 Å². The van der Waals surface area contributed by atoms with Gasteiger partial charge in [-0.15, -0.1) is 0 Å². The summed E-state index contributed by atoms with van der Waals surface area (Å²) >= 11 is 0. The molecule has 16 heavy (non-hydrogen) atoms. The van der Waals surface area contributed by atoms with Crippen molar-refractivity contribution >= 4 is 0 Å². The maximum atomic E-state index is 5.87. The van der Waals surface area contributed by atoms with Gasteiger partial charge in [0.25, 0.3) is 0 Å². The molecule has 1 aliphatic rings. The lowest BCUT2D eigenvalue weighted by molar-refractivity contribution is 0.0717. The Kier molecular flexibility index (Phi) is 4.31. The lowest BCUT2D eigenvalue weighted by Crippen LogP contribution is -2.28. The minimum Gasteiger partial charge on any atom is -0.376 e. The van der Waals surface area contributed by atoms with Gasteiger partial charge in [-0.2, -0.15) is 0 Å². The third-order valence-corrected chi connectivity index (χ3v) is 3.24. The van der Waals surface area contributed by atoms with E-state index in [1.54, 1.807) is 6.20 Å². The molecule has 1 fully saturated rings. The summed E-state index contributed by atoms with van der Waals surface area (Å²) in [6.07, 6.45) is 8.38. The van der Waals surface area contributed by atoms with E-state index in [0.717, 1.165) is 25.0 Å². The molecule has 2 rings (SSSR count). The maximum Gasteiger partial charge on any atom is 0.0731 e. The Bertz CT molecular complexity index is 294. The van der Waals surface area contributed by atoms with Crippen molar-refractivity contribution in [2.45, 2.75) is 38.3 Å². The van der Waals surface area contributed by atoms with E-state index in [0.29, 0.717) is 18.6 Å². The number of nitrogens with zero attached hydrogens (tertiary/aromatic N) is 1. The van der Waals surface area contributed by atoms with Gasteiger partial charge in [0, 0.05) is 25.0 Å². The zero-order valence-corrected chi connectivity index (χ0v) is 9.64. The van der Waals surface area contributed by atoms with Crippen LogP contribution < -0.4 is 5.73 Å². The highest BCUT2D eigenvalue weighted by atomic mass is 16.5. The van der Waals surface area contributed by atoms with Crippen LogP contribution in [0.5, 0.6) is 0 Å². The molecule has 0 aromatic carbocycles. The molecule has 2 N–H and O–H groups in total. The summed E-state index contributed by atoms with van der Waals surface area (Å²) in [5, 5.41) is 0. The van der Waals surface area contributed by atoms with Crippen molar-refractivity contribution < 1.29 is 4.74 Å². The summed E-state index contributed by atoms with van der Waals surface area (Å²) in [4.78, 5) is 4.06. The number of hydrogen-bond donors (Lipinski definition) is 1. The van der Waals surface area contributed by atoms with Gasteiger partial charge in [0.2, 0.25) is 0 Å². The van der Waals surface area contributed by atoms with Gasteiger partial charge in [-0.1, -0.05) is 6.07 Å². The first-order valence-electron chi connectivity index (χ1n) is 6.07. The van der Waals surface area contributed by atoms with Gasteiger partial charge in [0.05, 0.1) is 6.61 Å². The third-order valence-electron chi connectivity index (χ3n) is 3.24. The molecule has 0 bridgehead atoms. The molecule has 88 valence electrons. The summed E-state index contributed by atoms with van der Waals surface area (Å²) in [6.45, 7) is 1.54. The minimum atomic E-state index is 0.426. The highest BCUT2D eigenvalue weighted by Gasteiger charge is 2.18. The lowest BCUT2D eigenvalue weighted by atomic mass is 9.87. The number of ether oxygens (including phenoxy) is 1. The molecule has 3 nitrogen and oxygen atoms in total. The zero-order valence-electron chi connectivity index (χ0n) is 9.64. The molecular formula is C13H20N2O. The monoisotopic (exact) mass is 220 g/mol. The first-order valence-corrected chi connectivity index (χ1v) is 6.07. The Morgan fingerprint density at radius 2 is 2.12 bits per heavy atom. The van der Waals surface area contributed by atoms with Gasteiger partial charge in [-0.25, -0.2) is 0 Å². The number of hydrogen-bond acceptors (Lipinski definition) is 3. The van der Waals surface area contributed by atoms with Crippen LogP contribution in [0.2, 0.25) is 0 Å². The number of aromatic nitrogens is 1. The van der Waals surface area contributed by atoms with E-state index < -0.39 is 0 Å². The van der Waals surface area contributed by atoms with Gasteiger partial charge in [-0.3, -0.25) is 4.98 Å². The van der Waals surface area contributed by atoms with Crippen LogP contribution in [0.25, 0.3) is 0 Å². The van der Waals surface area contributed by atoms with Crippen molar-refractivity contribution in [2.75, 3.05) is 6.61 Å². The quantitative estimate of drug-likeness (QED) is 0.845. The van der Waals surface area contributed by atoms with E-state index in [1.807, 2.05) is 18.3 Å². The second kappa shape index (κ2) is 5.97. The average molecular weight is 220 g/mol. The number of rotatable bonds is 4. The first-order chi connectivity index (χ1) is 7.84. The highest BCUT2D eigenvalue weighted by Crippen LogP contribution is 2.23. The summed E-state index contributed by atoms with van der Waals surface area (Å²) in [7, 11) is 0. The molecule has 0 unspecified atom stereocenters. The molecule has 1 aromatic rings. The normalized spacial score (nSPS) is 25.6. The molecule has 1 aliphatic carbocycles. The van der Waals surface area contributed by atoms with Crippen LogP contribution in [0.15, 0.2) is 24.5 Å². The molecule has 0 saturated heterocycles. The van der Waals surface area contributed by atoms with Gasteiger partial charge >= 0.3 is 0 Å². The van der Waals surface area contributed by atoms with Crippen LogP contribution in [0, 0.1) is 5.92 Å². The summed E-state index contributed by atoms with van der Waals surface area (Å²) in [5.41, 5.74) is 7.02. The van der Waals surface area contributed by atoms with Crippen LogP contribution in [-0.4, -0.2) is 17.6 Å². The maximum absolute atomic E-state index is 5.87. The Morgan fingerprint density at radius 1 is 1.31 bits per heavy atom. The van der Waals surface area contributed by atoms with Gasteiger partial charge in [-0.05, 0) is 43.2 Å². The minimum absolute atomic E-state index is 0.426. The van der Waals surface area contributed by atoms with Crippen molar-refractivity contribution in [3.8, 4) is 0 Å². The van der Waals surface area contributed by atoms with Gasteiger partial charge < -0.3 is 10.5 Å². The first kappa shape index (κ1) is 11.6. The number of pyridine rings is 1. The predicted octanol–water partition coefficient (Wildman–Crippen LogP) is 2.12. The molecule has 1 saturated carbocycles. The molecule has 1 aromatic heterocycles.